The zero-order valence-corrected chi connectivity index (χ0v) is 17.1. The van der Waals surface area contributed by atoms with Gasteiger partial charge in [-0.1, -0.05) is 13.0 Å². The Morgan fingerprint density at radius 3 is 2.76 bits per heavy atom. The molecule has 156 valence electrons. The molecule has 1 unspecified atom stereocenters. The maximum atomic E-state index is 12.7. The van der Waals surface area contributed by atoms with Crippen LogP contribution in [0.2, 0.25) is 0 Å². The summed E-state index contributed by atoms with van der Waals surface area (Å²) in [6.07, 6.45) is 3.16. The van der Waals surface area contributed by atoms with Gasteiger partial charge in [0.15, 0.2) is 11.5 Å². The number of ether oxygens (including phenoxy) is 4. The lowest BCUT2D eigenvalue weighted by Gasteiger charge is -2.14. The SMILES string of the molecule is CCCOc1ccc(C(=O)Nc2cccc(OCC3CCCO3)c2)cc1OCC. The molecule has 6 nitrogen and oxygen atoms in total. The maximum Gasteiger partial charge on any atom is 0.255 e. The molecule has 1 N–H and O–H groups in total. The first-order chi connectivity index (χ1) is 14.2. The second-order valence-corrected chi connectivity index (χ2v) is 6.87. The van der Waals surface area contributed by atoms with Crippen molar-refractivity contribution in [2.45, 2.75) is 39.2 Å². The Labute approximate surface area is 172 Å². The minimum Gasteiger partial charge on any atom is -0.491 e. The van der Waals surface area contributed by atoms with Crippen LogP contribution in [0.4, 0.5) is 5.69 Å². The zero-order valence-electron chi connectivity index (χ0n) is 17.1. The van der Waals surface area contributed by atoms with Gasteiger partial charge >= 0.3 is 0 Å². The van der Waals surface area contributed by atoms with E-state index in [9.17, 15) is 4.79 Å². The molecule has 1 amide bonds. The second kappa shape index (κ2) is 10.7. The second-order valence-electron chi connectivity index (χ2n) is 6.87. The molecule has 1 saturated heterocycles. The van der Waals surface area contributed by atoms with Crippen LogP contribution >= 0.6 is 0 Å². The van der Waals surface area contributed by atoms with E-state index in [-0.39, 0.29) is 12.0 Å². The van der Waals surface area contributed by atoms with Crippen LogP contribution < -0.4 is 19.5 Å². The van der Waals surface area contributed by atoms with Gasteiger partial charge in [0, 0.05) is 23.9 Å². The van der Waals surface area contributed by atoms with Crippen molar-refractivity contribution < 1.29 is 23.7 Å². The Kier molecular flexibility index (Phi) is 7.76. The molecule has 0 aromatic heterocycles. The average Bonchev–Trinajstić information content (AvgIpc) is 3.25. The van der Waals surface area contributed by atoms with E-state index in [1.807, 2.05) is 38.1 Å². The van der Waals surface area contributed by atoms with Gasteiger partial charge in [0.2, 0.25) is 0 Å². The third kappa shape index (κ3) is 6.12. The van der Waals surface area contributed by atoms with Crippen LogP contribution in [0.15, 0.2) is 42.5 Å². The maximum absolute atomic E-state index is 12.7. The fourth-order valence-corrected chi connectivity index (χ4v) is 3.08. The number of benzene rings is 2. The molecule has 0 radical (unpaired) electrons. The quantitative estimate of drug-likeness (QED) is 0.628. The van der Waals surface area contributed by atoms with Gasteiger partial charge in [-0.15, -0.1) is 0 Å². The van der Waals surface area contributed by atoms with Crippen molar-refractivity contribution in [1.82, 2.24) is 0 Å². The summed E-state index contributed by atoms with van der Waals surface area (Å²) in [7, 11) is 0. The molecular weight excluding hydrogens is 370 g/mol. The normalized spacial score (nSPS) is 15.7. The van der Waals surface area contributed by atoms with Gasteiger partial charge in [-0.3, -0.25) is 4.79 Å². The van der Waals surface area contributed by atoms with Gasteiger partial charge in [0.25, 0.3) is 5.91 Å². The highest BCUT2D eigenvalue weighted by Gasteiger charge is 2.16. The highest BCUT2D eigenvalue weighted by molar-refractivity contribution is 6.04. The Bertz CT molecular complexity index is 802. The first-order valence-corrected chi connectivity index (χ1v) is 10.2. The summed E-state index contributed by atoms with van der Waals surface area (Å²) in [6.45, 7) is 6.37. The van der Waals surface area contributed by atoms with Gasteiger partial charge in [-0.25, -0.2) is 0 Å². The largest absolute Gasteiger partial charge is 0.491 e. The van der Waals surface area contributed by atoms with E-state index in [1.165, 1.54) is 0 Å². The summed E-state index contributed by atoms with van der Waals surface area (Å²) in [4.78, 5) is 12.7. The van der Waals surface area contributed by atoms with Crippen LogP contribution in [0.3, 0.4) is 0 Å². The summed E-state index contributed by atoms with van der Waals surface area (Å²) < 4.78 is 22.7. The van der Waals surface area contributed by atoms with Gasteiger partial charge in [0.05, 0.1) is 19.3 Å². The predicted molar refractivity (Wildman–Crippen MR) is 112 cm³/mol. The molecule has 1 atom stereocenters. The van der Waals surface area contributed by atoms with E-state index in [1.54, 1.807) is 18.2 Å². The lowest BCUT2D eigenvalue weighted by molar-refractivity contribution is 0.0680. The molecule has 1 fully saturated rings. The Morgan fingerprint density at radius 1 is 1.10 bits per heavy atom. The van der Waals surface area contributed by atoms with Crippen molar-refractivity contribution in [3.8, 4) is 17.2 Å². The molecule has 29 heavy (non-hydrogen) atoms. The topological polar surface area (TPSA) is 66.0 Å². The van der Waals surface area contributed by atoms with Gasteiger partial charge in [0.1, 0.15) is 12.4 Å². The van der Waals surface area contributed by atoms with E-state index in [4.69, 9.17) is 18.9 Å². The monoisotopic (exact) mass is 399 g/mol. The summed E-state index contributed by atoms with van der Waals surface area (Å²) in [6, 6.07) is 12.6. The molecule has 6 heteroatoms. The van der Waals surface area contributed by atoms with Crippen LogP contribution in [0, 0.1) is 0 Å². The first kappa shape index (κ1) is 21.0. The average molecular weight is 399 g/mol. The molecule has 0 aliphatic carbocycles. The number of hydrogen-bond acceptors (Lipinski definition) is 5. The van der Waals surface area contributed by atoms with Crippen molar-refractivity contribution >= 4 is 11.6 Å². The number of amides is 1. The van der Waals surface area contributed by atoms with Gasteiger partial charge in [-0.05, 0) is 56.5 Å². The highest BCUT2D eigenvalue weighted by Crippen LogP contribution is 2.29. The smallest absolute Gasteiger partial charge is 0.255 e. The predicted octanol–water partition coefficient (Wildman–Crippen LogP) is 4.68. The minimum absolute atomic E-state index is 0.152. The summed E-state index contributed by atoms with van der Waals surface area (Å²) in [5.74, 6) is 1.71. The summed E-state index contributed by atoms with van der Waals surface area (Å²) >= 11 is 0. The van der Waals surface area contributed by atoms with Crippen LogP contribution in [0.5, 0.6) is 17.2 Å². The Hall–Kier alpha value is -2.73. The van der Waals surface area contributed by atoms with Crippen LogP contribution in [0.25, 0.3) is 0 Å². The van der Waals surface area contributed by atoms with Crippen molar-refractivity contribution in [3.63, 3.8) is 0 Å². The molecule has 0 saturated carbocycles. The molecule has 1 heterocycles. The van der Waals surface area contributed by atoms with Crippen molar-refractivity contribution in [2.24, 2.45) is 0 Å². The molecule has 2 aromatic rings. The van der Waals surface area contributed by atoms with Crippen molar-refractivity contribution in [1.29, 1.82) is 0 Å². The molecular formula is C23H29NO5. The molecule has 1 aliphatic rings. The lowest BCUT2D eigenvalue weighted by atomic mass is 10.1. The van der Waals surface area contributed by atoms with Gasteiger partial charge in [-0.2, -0.15) is 0 Å². The molecule has 3 rings (SSSR count). The lowest BCUT2D eigenvalue weighted by Crippen LogP contribution is -2.16. The van der Waals surface area contributed by atoms with Crippen LogP contribution in [0.1, 0.15) is 43.5 Å². The Balaban J connectivity index is 1.64. The number of carbonyl (C=O) groups is 1. The molecule has 0 bridgehead atoms. The standard InChI is InChI=1S/C23H29NO5/c1-3-12-28-21-11-10-17(14-22(21)26-4-2)23(25)24-18-7-5-8-19(15-18)29-16-20-9-6-13-27-20/h5,7-8,10-11,14-15,20H,3-4,6,9,12-13,16H2,1-2H3,(H,24,25). The Morgan fingerprint density at radius 2 is 2.00 bits per heavy atom. The number of nitrogens with one attached hydrogen (secondary N) is 1. The molecule has 0 spiro atoms. The zero-order chi connectivity index (χ0) is 20.5. The summed E-state index contributed by atoms with van der Waals surface area (Å²) in [5, 5.41) is 2.91. The van der Waals surface area contributed by atoms with E-state index >= 15 is 0 Å². The number of anilines is 1. The van der Waals surface area contributed by atoms with E-state index < -0.39 is 0 Å². The highest BCUT2D eigenvalue weighted by atomic mass is 16.5. The first-order valence-electron chi connectivity index (χ1n) is 10.2. The van der Waals surface area contributed by atoms with Crippen molar-refractivity contribution in [2.75, 3.05) is 31.7 Å². The number of rotatable bonds is 10. The number of hydrogen-bond donors (Lipinski definition) is 1. The fraction of sp³-hybridized carbons (Fsp3) is 0.435. The van der Waals surface area contributed by atoms with Crippen LogP contribution in [-0.2, 0) is 4.74 Å². The van der Waals surface area contributed by atoms with E-state index in [0.29, 0.717) is 48.3 Å². The third-order valence-corrected chi connectivity index (χ3v) is 4.52. The number of carbonyl (C=O) groups excluding carboxylic acids is 1. The fourth-order valence-electron chi connectivity index (χ4n) is 3.08. The molecule has 2 aromatic carbocycles. The molecule has 1 aliphatic heterocycles. The van der Waals surface area contributed by atoms with Gasteiger partial charge < -0.3 is 24.3 Å². The van der Waals surface area contributed by atoms with E-state index in [2.05, 4.69) is 5.32 Å². The minimum atomic E-state index is -0.218. The third-order valence-electron chi connectivity index (χ3n) is 4.52. The van der Waals surface area contributed by atoms with E-state index in [0.717, 1.165) is 25.9 Å². The summed E-state index contributed by atoms with van der Waals surface area (Å²) in [5.41, 5.74) is 1.17. The van der Waals surface area contributed by atoms with Crippen molar-refractivity contribution in [3.05, 3.63) is 48.0 Å². The van der Waals surface area contributed by atoms with Crippen LogP contribution in [-0.4, -0.2) is 38.4 Å².